The zero-order valence-electron chi connectivity index (χ0n) is 22.0. The zero-order valence-corrected chi connectivity index (χ0v) is 22.0. The molecule has 0 saturated heterocycles. The molecular formula is C32H28F4O5. The minimum absolute atomic E-state index is 0.0926. The monoisotopic (exact) mass is 568 g/mol. The highest BCUT2D eigenvalue weighted by atomic mass is 19.4. The van der Waals surface area contributed by atoms with Crippen LogP contribution in [0.3, 0.4) is 0 Å². The number of hydrogen-bond acceptors (Lipinski definition) is 5. The normalized spacial score (nSPS) is 11.1. The fourth-order valence-electron chi connectivity index (χ4n) is 3.89. The number of rotatable bonds is 13. The third-order valence-electron chi connectivity index (χ3n) is 5.97. The molecule has 0 bridgehead atoms. The van der Waals surface area contributed by atoms with E-state index in [0.29, 0.717) is 19.0 Å². The van der Waals surface area contributed by atoms with E-state index in [9.17, 15) is 22.4 Å². The number of ether oxygens (including phenoxy) is 4. The second-order valence-electron chi connectivity index (χ2n) is 9.08. The van der Waals surface area contributed by atoms with Crippen LogP contribution in [0.5, 0.6) is 23.0 Å². The van der Waals surface area contributed by atoms with Crippen LogP contribution in [0, 0.1) is 5.82 Å². The van der Waals surface area contributed by atoms with Crippen molar-refractivity contribution < 1.29 is 41.3 Å². The van der Waals surface area contributed by atoms with Crippen LogP contribution in [0.25, 0.3) is 11.1 Å². The van der Waals surface area contributed by atoms with Gasteiger partial charge in [-0.15, -0.1) is 13.2 Å². The van der Waals surface area contributed by atoms with Gasteiger partial charge in [0, 0.05) is 0 Å². The minimum Gasteiger partial charge on any atom is -0.494 e. The van der Waals surface area contributed by atoms with Crippen molar-refractivity contribution in [3.8, 4) is 34.1 Å². The Morgan fingerprint density at radius 2 is 1.00 bits per heavy atom. The van der Waals surface area contributed by atoms with Crippen molar-refractivity contribution in [2.24, 2.45) is 0 Å². The van der Waals surface area contributed by atoms with Crippen molar-refractivity contribution in [1.29, 1.82) is 0 Å². The van der Waals surface area contributed by atoms with E-state index >= 15 is 0 Å². The summed E-state index contributed by atoms with van der Waals surface area (Å²) in [7, 11) is 0. The fraction of sp³-hybridized carbons (Fsp3) is 0.219. The second kappa shape index (κ2) is 14.2. The Kier molecular flexibility index (Phi) is 10.2. The Hall–Kier alpha value is -4.53. The van der Waals surface area contributed by atoms with Crippen LogP contribution in [0.4, 0.5) is 17.6 Å². The molecular weight excluding hydrogens is 540 g/mol. The van der Waals surface area contributed by atoms with Gasteiger partial charge in [0.25, 0.3) is 0 Å². The van der Waals surface area contributed by atoms with Gasteiger partial charge in [-0.2, -0.15) is 0 Å². The summed E-state index contributed by atoms with van der Waals surface area (Å²) in [5.41, 5.74) is 2.22. The van der Waals surface area contributed by atoms with Gasteiger partial charge < -0.3 is 18.9 Å². The molecule has 0 amide bonds. The molecule has 5 nitrogen and oxygen atoms in total. The maximum absolute atomic E-state index is 13.1. The molecule has 0 aromatic heterocycles. The van der Waals surface area contributed by atoms with E-state index in [1.54, 1.807) is 36.4 Å². The van der Waals surface area contributed by atoms with Crippen molar-refractivity contribution in [2.75, 3.05) is 13.2 Å². The standard InChI is InChI=1S/C32H28F4O5/c33-26-11-5-23(6-12-26)24-7-13-27(14-8-24)38-21-3-1-2-4-22-39-28-15-9-25(10-16-28)31(37)40-29-17-19-30(20-18-29)41-32(34,35)36/h5-20H,1-4,21-22H2. The molecule has 4 aromatic rings. The van der Waals surface area contributed by atoms with Gasteiger partial charge in [-0.3, -0.25) is 0 Å². The van der Waals surface area contributed by atoms with Gasteiger partial charge in [0.05, 0.1) is 18.8 Å². The van der Waals surface area contributed by atoms with Crippen molar-refractivity contribution in [1.82, 2.24) is 0 Å². The Morgan fingerprint density at radius 1 is 0.561 bits per heavy atom. The van der Waals surface area contributed by atoms with E-state index in [2.05, 4.69) is 4.74 Å². The summed E-state index contributed by atoms with van der Waals surface area (Å²) in [5, 5.41) is 0. The van der Waals surface area contributed by atoms with E-state index in [-0.39, 0.29) is 17.1 Å². The molecule has 0 radical (unpaired) electrons. The maximum atomic E-state index is 13.1. The first-order valence-corrected chi connectivity index (χ1v) is 13.0. The Bertz CT molecular complexity index is 1370. The molecule has 0 N–H and O–H groups in total. The van der Waals surface area contributed by atoms with Gasteiger partial charge >= 0.3 is 12.3 Å². The molecule has 0 aliphatic rings. The Morgan fingerprint density at radius 3 is 1.51 bits per heavy atom. The average Bonchev–Trinajstić information content (AvgIpc) is 2.96. The van der Waals surface area contributed by atoms with Gasteiger partial charge in [-0.05, 0) is 110 Å². The van der Waals surface area contributed by atoms with Crippen molar-refractivity contribution >= 4 is 5.97 Å². The summed E-state index contributed by atoms with van der Waals surface area (Å²) in [6.07, 6.45) is -1.05. The number of esters is 1. The number of hydrogen-bond donors (Lipinski definition) is 0. The van der Waals surface area contributed by atoms with Gasteiger partial charge in [0.15, 0.2) is 0 Å². The van der Waals surface area contributed by atoms with Crippen LogP contribution < -0.4 is 18.9 Å². The van der Waals surface area contributed by atoms with Gasteiger partial charge in [-0.1, -0.05) is 24.3 Å². The molecule has 0 fully saturated rings. The SMILES string of the molecule is O=C(Oc1ccc(OC(F)(F)F)cc1)c1ccc(OCCCCCCOc2ccc(-c3ccc(F)cc3)cc2)cc1. The third-order valence-corrected chi connectivity index (χ3v) is 5.97. The number of carbonyl (C=O) groups excluding carboxylic acids is 1. The van der Waals surface area contributed by atoms with Gasteiger partial charge in [0.2, 0.25) is 0 Å². The van der Waals surface area contributed by atoms with E-state index in [1.165, 1.54) is 24.3 Å². The summed E-state index contributed by atoms with van der Waals surface area (Å²) in [4.78, 5) is 12.3. The summed E-state index contributed by atoms with van der Waals surface area (Å²) in [6.45, 7) is 1.14. The summed E-state index contributed by atoms with van der Waals surface area (Å²) >= 11 is 0. The second-order valence-corrected chi connectivity index (χ2v) is 9.08. The van der Waals surface area contributed by atoms with Crippen molar-refractivity contribution in [3.05, 3.63) is 108 Å². The van der Waals surface area contributed by atoms with Crippen LogP contribution in [-0.2, 0) is 0 Å². The first kappa shape index (κ1) is 29.5. The molecule has 41 heavy (non-hydrogen) atoms. The molecule has 0 aliphatic heterocycles. The third kappa shape index (κ3) is 9.86. The molecule has 9 heteroatoms. The predicted molar refractivity (Wildman–Crippen MR) is 146 cm³/mol. The largest absolute Gasteiger partial charge is 0.573 e. The minimum atomic E-state index is -4.79. The number of unbranched alkanes of at least 4 members (excludes halogenated alkanes) is 3. The summed E-state index contributed by atoms with van der Waals surface area (Å²) in [5.74, 6) is 0.189. The Balaban J connectivity index is 1.08. The molecule has 4 rings (SSSR count). The number of halogens is 4. The van der Waals surface area contributed by atoms with Crippen LogP contribution in [-0.4, -0.2) is 25.5 Å². The Labute approximate surface area is 235 Å². The first-order chi connectivity index (χ1) is 19.7. The number of carbonyl (C=O) groups is 1. The quantitative estimate of drug-likeness (QED) is 0.0700. The highest BCUT2D eigenvalue weighted by molar-refractivity contribution is 5.91. The van der Waals surface area contributed by atoms with E-state index in [0.717, 1.165) is 54.7 Å². The summed E-state index contributed by atoms with van der Waals surface area (Å²) in [6, 6.07) is 25.1. The lowest BCUT2D eigenvalue weighted by molar-refractivity contribution is -0.274. The molecule has 214 valence electrons. The molecule has 0 saturated carbocycles. The predicted octanol–water partition coefficient (Wildman–Crippen LogP) is 8.63. The van der Waals surface area contributed by atoms with E-state index < -0.39 is 18.1 Å². The lowest BCUT2D eigenvalue weighted by Gasteiger charge is -2.10. The molecule has 0 aliphatic carbocycles. The fourth-order valence-corrected chi connectivity index (χ4v) is 3.89. The van der Waals surface area contributed by atoms with Crippen molar-refractivity contribution in [3.63, 3.8) is 0 Å². The zero-order chi connectivity index (χ0) is 29.1. The van der Waals surface area contributed by atoms with Crippen LogP contribution >= 0.6 is 0 Å². The van der Waals surface area contributed by atoms with Gasteiger partial charge in [-0.25, -0.2) is 9.18 Å². The molecule has 0 unspecified atom stereocenters. The molecule has 0 atom stereocenters. The maximum Gasteiger partial charge on any atom is 0.573 e. The van der Waals surface area contributed by atoms with Crippen molar-refractivity contribution in [2.45, 2.75) is 32.0 Å². The highest BCUT2D eigenvalue weighted by Gasteiger charge is 2.31. The van der Waals surface area contributed by atoms with Gasteiger partial charge in [0.1, 0.15) is 28.8 Å². The molecule has 0 heterocycles. The van der Waals surface area contributed by atoms with E-state index in [4.69, 9.17) is 14.2 Å². The van der Waals surface area contributed by atoms with Crippen LogP contribution in [0.15, 0.2) is 97.1 Å². The average molecular weight is 569 g/mol. The summed E-state index contributed by atoms with van der Waals surface area (Å²) < 4.78 is 70.3. The lowest BCUT2D eigenvalue weighted by atomic mass is 10.1. The highest BCUT2D eigenvalue weighted by Crippen LogP contribution is 2.26. The molecule has 4 aromatic carbocycles. The van der Waals surface area contributed by atoms with E-state index in [1.807, 2.05) is 24.3 Å². The first-order valence-electron chi connectivity index (χ1n) is 13.0. The smallest absolute Gasteiger partial charge is 0.494 e. The lowest BCUT2D eigenvalue weighted by Crippen LogP contribution is -2.17. The van der Waals surface area contributed by atoms with Crippen LogP contribution in [0.2, 0.25) is 0 Å². The number of alkyl halides is 3. The van der Waals surface area contributed by atoms with Crippen LogP contribution in [0.1, 0.15) is 36.0 Å². The number of benzene rings is 4. The molecule has 0 spiro atoms. The topological polar surface area (TPSA) is 54.0 Å².